The predicted octanol–water partition coefficient (Wildman–Crippen LogP) is 1.24. The summed E-state index contributed by atoms with van der Waals surface area (Å²) in [6.07, 6.45) is 11.7. The summed E-state index contributed by atoms with van der Waals surface area (Å²) in [6, 6.07) is 0. The molecule has 0 aliphatic rings. The van der Waals surface area contributed by atoms with Crippen molar-refractivity contribution in [3.05, 3.63) is 0 Å². The first-order chi connectivity index (χ1) is 11.2. The van der Waals surface area contributed by atoms with Crippen molar-refractivity contribution in [2.24, 2.45) is 0 Å². The van der Waals surface area contributed by atoms with E-state index < -0.39 is 10.4 Å². The van der Waals surface area contributed by atoms with Crippen molar-refractivity contribution >= 4 is 22.3 Å². The molecule has 0 radical (unpaired) electrons. The number of rotatable bonds is 12. The van der Waals surface area contributed by atoms with Crippen molar-refractivity contribution in [3.63, 3.8) is 0 Å². The number of ether oxygens (including phenoxy) is 1. The zero-order valence-electron chi connectivity index (χ0n) is 16.8. The average molecular weight is 392 g/mol. The monoisotopic (exact) mass is 392 g/mol. The summed E-state index contributed by atoms with van der Waals surface area (Å²) in [5, 5.41) is 0. The Morgan fingerprint density at radius 3 is 1.32 bits per heavy atom. The molecule has 0 heterocycles. The van der Waals surface area contributed by atoms with Crippen LogP contribution in [0, 0.1) is 0 Å². The number of hydrogen-bond donors (Lipinski definition) is 2. The van der Waals surface area contributed by atoms with Crippen molar-refractivity contribution in [1.82, 2.24) is 0 Å². The van der Waals surface area contributed by atoms with Crippen LogP contribution in [0.15, 0.2) is 0 Å². The van der Waals surface area contributed by atoms with E-state index in [1.54, 1.807) is 0 Å². The molecule has 0 aliphatic heterocycles. The first-order valence-electron chi connectivity index (χ1n) is 8.64. The normalized spacial score (nSPS) is 10.2. The summed E-state index contributed by atoms with van der Waals surface area (Å²) in [6.45, 7) is 4.32. The van der Waals surface area contributed by atoms with Gasteiger partial charge in [-0.2, -0.15) is 8.42 Å². The van der Waals surface area contributed by atoms with Gasteiger partial charge in [-0.1, -0.05) is 65.2 Å². The SMILES string of the molecule is CCCCCCCC(=O)OC(=O)CCCCCCC.O=S(=O)(O)O.[H-].[Na+]. The Morgan fingerprint density at radius 1 is 0.760 bits per heavy atom. The molecule has 0 bridgehead atoms. The van der Waals surface area contributed by atoms with Gasteiger partial charge in [0.15, 0.2) is 0 Å². The van der Waals surface area contributed by atoms with E-state index in [1.165, 1.54) is 25.7 Å². The number of hydrogen-bond acceptors (Lipinski definition) is 5. The fourth-order valence-electron chi connectivity index (χ4n) is 1.97. The van der Waals surface area contributed by atoms with Gasteiger partial charge in [0.25, 0.3) is 0 Å². The number of carbonyl (C=O) groups excluding carboxylic acids is 2. The van der Waals surface area contributed by atoms with Crippen molar-refractivity contribution in [1.29, 1.82) is 0 Å². The number of esters is 2. The Bertz CT molecular complexity index is 398. The summed E-state index contributed by atoms with van der Waals surface area (Å²) in [5.41, 5.74) is 0. The zero-order chi connectivity index (χ0) is 18.8. The fraction of sp³-hybridized carbons (Fsp3) is 0.875. The summed E-state index contributed by atoms with van der Waals surface area (Å²) in [7, 11) is -4.67. The van der Waals surface area contributed by atoms with Crippen molar-refractivity contribution in [3.8, 4) is 0 Å². The third kappa shape index (κ3) is 35.9. The molecule has 0 fully saturated rings. The number of unbranched alkanes of at least 4 members (excludes halogenated alkanes) is 8. The minimum absolute atomic E-state index is 0. The van der Waals surface area contributed by atoms with Crippen LogP contribution < -0.4 is 29.6 Å². The van der Waals surface area contributed by atoms with E-state index in [1.807, 2.05) is 0 Å². The molecule has 0 atom stereocenters. The van der Waals surface area contributed by atoms with E-state index in [0.717, 1.165) is 38.5 Å². The molecule has 0 rings (SSSR count). The van der Waals surface area contributed by atoms with Crippen LogP contribution in [-0.4, -0.2) is 29.5 Å². The molecule has 7 nitrogen and oxygen atoms in total. The Kier molecular flexibility index (Phi) is 24.2. The van der Waals surface area contributed by atoms with E-state index in [4.69, 9.17) is 22.3 Å². The Labute approximate surface area is 175 Å². The van der Waals surface area contributed by atoms with Crippen LogP contribution in [0.4, 0.5) is 0 Å². The summed E-state index contributed by atoms with van der Waals surface area (Å²) < 4.78 is 36.4. The van der Waals surface area contributed by atoms with Gasteiger partial charge in [0.1, 0.15) is 0 Å². The molecule has 25 heavy (non-hydrogen) atoms. The second-order valence-corrected chi connectivity index (χ2v) is 6.52. The summed E-state index contributed by atoms with van der Waals surface area (Å²) in [4.78, 5) is 22.8. The quantitative estimate of drug-likeness (QED) is 0.169. The van der Waals surface area contributed by atoms with Gasteiger partial charge in [-0.3, -0.25) is 18.7 Å². The first-order valence-corrected chi connectivity index (χ1v) is 10.0. The second kappa shape index (κ2) is 20.3. The Balaban J connectivity index is -0.000000304. The van der Waals surface area contributed by atoms with E-state index in [2.05, 4.69) is 13.8 Å². The predicted molar refractivity (Wildman–Crippen MR) is 93.1 cm³/mol. The zero-order valence-corrected chi connectivity index (χ0v) is 18.6. The van der Waals surface area contributed by atoms with Crippen LogP contribution in [0.5, 0.6) is 0 Å². The van der Waals surface area contributed by atoms with Gasteiger partial charge in [0.2, 0.25) is 0 Å². The fourth-order valence-corrected chi connectivity index (χ4v) is 1.97. The molecular formula is C16H33NaO7S. The van der Waals surface area contributed by atoms with Gasteiger partial charge in [0.05, 0.1) is 0 Å². The molecule has 0 saturated heterocycles. The minimum atomic E-state index is -4.67. The van der Waals surface area contributed by atoms with E-state index >= 15 is 0 Å². The van der Waals surface area contributed by atoms with Gasteiger partial charge in [-0.05, 0) is 12.8 Å². The molecule has 0 aromatic heterocycles. The van der Waals surface area contributed by atoms with Gasteiger partial charge < -0.3 is 6.16 Å². The molecule has 146 valence electrons. The average Bonchev–Trinajstić information content (AvgIpc) is 2.45. The Hall–Kier alpha value is 0.01000. The van der Waals surface area contributed by atoms with Crippen LogP contribution in [0.1, 0.15) is 92.3 Å². The van der Waals surface area contributed by atoms with Crippen molar-refractivity contribution < 1.29 is 62.8 Å². The second-order valence-electron chi connectivity index (χ2n) is 5.62. The van der Waals surface area contributed by atoms with Gasteiger partial charge in [-0.15, -0.1) is 0 Å². The molecule has 0 unspecified atom stereocenters. The van der Waals surface area contributed by atoms with Crippen LogP contribution in [0.3, 0.4) is 0 Å². The van der Waals surface area contributed by atoms with E-state index in [9.17, 15) is 9.59 Å². The van der Waals surface area contributed by atoms with Crippen molar-refractivity contribution in [2.45, 2.75) is 90.9 Å². The molecule has 0 aromatic carbocycles. The molecular weight excluding hydrogens is 359 g/mol. The summed E-state index contributed by atoms with van der Waals surface area (Å²) >= 11 is 0. The largest absolute Gasteiger partial charge is 1.00 e. The van der Waals surface area contributed by atoms with E-state index in [0.29, 0.717) is 12.8 Å². The first kappa shape index (κ1) is 29.8. The maximum absolute atomic E-state index is 11.4. The van der Waals surface area contributed by atoms with E-state index in [-0.39, 0.29) is 42.9 Å². The van der Waals surface area contributed by atoms with Crippen molar-refractivity contribution in [2.75, 3.05) is 0 Å². The molecule has 0 amide bonds. The third-order valence-electron chi connectivity index (χ3n) is 3.20. The minimum Gasteiger partial charge on any atom is -1.00 e. The molecule has 9 heteroatoms. The smallest absolute Gasteiger partial charge is 1.00 e. The number of carbonyl (C=O) groups is 2. The molecule has 0 aliphatic carbocycles. The molecule has 2 N–H and O–H groups in total. The topological polar surface area (TPSA) is 118 Å². The van der Waals surface area contributed by atoms with Crippen LogP contribution in [-0.2, 0) is 24.7 Å². The molecule has 0 saturated carbocycles. The Morgan fingerprint density at radius 2 is 1.04 bits per heavy atom. The van der Waals surface area contributed by atoms with Gasteiger partial charge in [-0.25, -0.2) is 0 Å². The molecule has 0 aromatic rings. The molecule has 0 spiro atoms. The van der Waals surface area contributed by atoms with Crippen LogP contribution in [0.25, 0.3) is 0 Å². The third-order valence-corrected chi connectivity index (χ3v) is 3.20. The van der Waals surface area contributed by atoms with Gasteiger partial charge >= 0.3 is 51.9 Å². The maximum Gasteiger partial charge on any atom is 1.00 e. The van der Waals surface area contributed by atoms with Crippen LogP contribution >= 0.6 is 0 Å². The maximum atomic E-state index is 11.4. The van der Waals surface area contributed by atoms with Crippen LogP contribution in [0.2, 0.25) is 0 Å². The van der Waals surface area contributed by atoms with Gasteiger partial charge in [0, 0.05) is 12.8 Å². The standard InChI is InChI=1S/C16H30O3.Na.H2O4S.H/c1-3-5-7-9-11-13-15(17)19-16(18)14-12-10-8-6-4-2;;1-5(2,3)4;/h3-14H2,1-2H3;;(H2,1,2,3,4);/q;+1;;-1. The summed E-state index contributed by atoms with van der Waals surface area (Å²) in [5.74, 6) is -0.704.